The molecule has 0 radical (unpaired) electrons. The van der Waals surface area contributed by atoms with Gasteiger partial charge in [-0.2, -0.15) is 0 Å². The molecule has 1 aromatic rings. The van der Waals surface area contributed by atoms with E-state index in [1.807, 2.05) is 0 Å². The lowest BCUT2D eigenvalue weighted by molar-refractivity contribution is -0.465. The molecule has 8 heteroatoms. The third-order valence-electron chi connectivity index (χ3n) is 1.69. The summed E-state index contributed by atoms with van der Waals surface area (Å²) in [5.74, 6) is -0.670. The van der Waals surface area contributed by atoms with E-state index in [-0.39, 0.29) is 16.3 Å². The van der Waals surface area contributed by atoms with E-state index in [0.29, 0.717) is 0 Å². The molecule has 0 unspecified atom stereocenters. The fourth-order valence-electron chi connectivity index (χ4n) is 1.02. The van der Waals surface area contributed by atoms with Crippen LogP contribution in [0.25, 0.3) is 10.4 Å². The van der Waals surface area contributed by atoms with Gasteiger partial charge < -0.3 is 0 Å². The molecule has 0 aliphatic carbocycles. The van der Waals surface area contributed by atoms with Crippen molar-refractivity contribution in [2.45, 2.75) is 0 Å². The summed E-state index contributed by atoms with van der Waals surface area (Å²) in [6, 6.07) is 3.90. The molecule has 0 bridgehead atoms. The van der Waals surface area contributed by atoms with E-state index in [1.165, 1.54) is 18.2 Å². The van der Waals surface area contributed by atoms with E-state index in [4.69, 9.17) is 17.1 Å². The van der Waals surface area contributed by atoms with Crippen molar-refractivity contribution in [3.05, 3.63) is 49.3 Å². The number of hydrogen-bond acceptors (Lipinski definition) is 4. The summed E-state index contributed by atoms with van der Waals surface area (Å²) in [6.07, 6.45) is 0. The van der Waals surface area contributed by atoms with Crippen LogP contribution < -0.4 is 0 Å². The van der Waals surface area contributed by atoms with Crippen molar-refractivity contribution in [1.82, 2.24) is 0 Å². The van der Waals surface area contributed by atoms with Gasteiger partial charge in [-0.25, -0.2) is 0 Å². The monoisotopic (exact) mass is 240 g/mol. The number of rotatable bonds is 4. The number of nitro groups is 1. The van der Waals surface area contributed by atoms with Crippen LogP contribution in [-0.4, -0.2) is 17.3 Å². The molecule has 82 valence electrons. The highest BCUT2D eigenvalue weighted by Gasteiger charge is 2.13. The van der Waals surface area contributed by atoms with Crippen molar-refractivity contribution >= 4 is 23.1 Å². The number of hydrogen-bond donors (Lipinski definition) is 0. The van der Waals surface area contributed by atoms with Gasteiger partial charge in [0.15, 0.2) is 0 Å². The summed E-state index contributed by atoms with van der Waals surface area (Å²) >= 11 is 5.68. The molecular formula is C8H5ClN4O3. The number of Topliss-reactive ketones (excluding diaryl/α,β-unsaturated/α-hetero) is 1. The molecule has 0 amide bonds. The second-order valence-electron chi connectivity index (χ2n) is 2.77. The fourth-order valence-corrected chi connectivity index (χ4v) is 1.17. The van der Waals surface area contributed by atoms with E-state index in [2.05, 4.69) is 10.0 Å². The Morgan fingerprint density at radius 3 is 2.88 bits per heavy atom. The van der Waals surface area contributed by atoms with Crippen molar-refractivity contribution in [2.75, 3.05) is 6.54 Å². The van der Waals surface area contributed by atoms with Crippen molar-refractivity contribution in [2.24, 2.45) is 5.11 Å². The zero-order valence-electron chi connectivity index (χ0n) is 7.83. The summed E-state index contributed by atoms with van der Waals surface area (Å²) < 4.78 is 0. The standard InChI is InChI=1S/C8H5ClN4O3/c9-6-2-1-5(3-7(6)11-12-10)8(14)4-13(15)16/h1-3H,4H2. The molecule has 0 fully saturated rings. The predicted octanol–water partition coefficient (Wildman–Crippen LogP) is 2.74. The number of ketones is 1. The van der Waals surface area contributed by atoms with E-state index in [9.17, 15) is 14.9 Å². The molecule has 0 saturated carbocycles. The van der Waals surface area contributed by atoms with Crippen LogP contribution in [0.5, 0.6) is 0 Å². The maximum Gasteiger partial charge on any atom is 0.265 e. The maximum absolute atomic E-state index is 11.3. The van der Waals surface area contributed by atoms with Crippen LogP contribution in [0.4, 0.5) is 5.69 Å². The van der Waals surface area contributed by atoms with Gasteiger partial charge in [-0.15, -0.1) is 0 Å². The van der Waals surface area contributed by atoms with Gasteiger partial charge in [0.05, 0.1) is 10.7 Å². The van der Waals surface area contributed by atoms with Gasteiger partial charge in [0.2, 0.25) is 5.78 Å². The van der Waals surface area contributed by atoms with Crippen LogP contribution in [0.1, 0.15) is 10.4 Å². The highest BCUT2D eigenvalue weighted by molar-refractivity contribution is 6.33. The zero-order chi connectivity index (χ0) is 12.1. The minimum atomic E-state index is -0.808. The van der Waals surface area contributed by atoms with E-state index in [1.54, 1.807) is 0 Å². The highest BCUT2D eigenvalue weighted by atomic mass is 35.5. The van der Waals surface area contributed by atoms with E-state index < -0.39 is 17.3 Å². The first-order valence-corrected chi connectivity index (χ1v) is 4.42. The quantitative estimate of drug-likeness (QED) is 0.201. The third kappa shape index (κ3) is 2.94. The summed E-state index contributed by atoms with van der Waals surface area (Å²) in [6.45, 7) is -0.808. The number of nitrogens with zero attached hydrogens (tertiary/aromatic N) is 4. The molecule has 0 aliphatic heterocycles. The normalized spacial score (nSPS) is 9.31. The average molecular weight is 241 g/mol. The number of carbonyl (C=O) groups is 1. The highest BCUT2D eigenvalue weighted by Crippen LogP contribution is 2.26. The summed E-state index contributed by atoms with van der Waals surface area (Å²) in [7, 11) is 0. The Morgan fingerprint density at radius 1 is 1.62 bits per heavy atom. The largest absolute Gasteiger partial charge is 0.287 e. The summed E-state index contributed by atoms with van der Waals surface area (Å²) in [5.41, 5.74) is 8.38. The molecule has 0 saturated heterocycles. The van der Waals surface area contributed by atoms with Gasteiger partial charge in [-0.1, -0.05) is 16.7 Å². The minimum Gasteiger partial charge on any atom is -0.287 e. The van der Waals surface area contributed by atoms with Crippen LogP contribution in [0.15, 0.2) is 23.3 Å². The average Bonchev–Trinajstić information content (AvgIpc) is 2.20. The van der Waals surface area contributed by atoms with Crippen LogP contribution in [-0.2, 0) is 0 Å². The molecule has 16 heavy (non-hydrogen) atoms. The molecule has 0 aliphatic rings. The zero-order valence-corrected chi connectivity index (χ0v) is 8.59. The first kappa shape index (κ1) is 12.0. The lowest BCUT2D eigenvalue weighted by atomic mass is 10.1. The van der Waals surface area contributed by atoms with Gasteiger partial charge >= 0.3 is 0 Å². The smallest absolute Gasteiger partial charge is 0.265 e. The SMILES string of the molecule is [N-]=[N+]=Nc1cc(C(=O)C[N+](=O)[O-])ccc1Cl. The molecule has 1 aromatic carbocycles. The van der Waals surface area contributed by atoms with Crippen LogP contribution >= 0.6 is 11.6 Å². The van der Waals surface area contributed by atoms with Gasteiger partial charge in [-0.05, 0) is 23.7 Å². The Hall–Kier alpha value is -2.11. The Labute approximate surface area is 94.4 Å². The van der Waals surface area contributed by atoms with Crippen molar-refractivity contribution < 1.29 is 9.72 Å². The second-order valence-corrected chi connectivity index (χ2v) is 3.18. The third-order valence-corrected chi connectivity index (χ3v) is 2.01. The number of carbonyl (C=O) groups excluding carboxylic acids is 1. The Kier molecular flexibility index (Phi) is 3.82. The van der Waals surface area contributed by atoms with Gasteiger partial charge in [-0.3, -0.25) is 14.9 Å². The number of halogens is 1. The van der Waals surface area contributed by atoms with Crippen molar-refractivity contribution in [3.63, 3.8) is 0 Å². The molecule has 1 rings (SSSR count). The van der Waals surface area contributed by atoms with Crippen molar-refractivity contribution in [1.29, 1.82) is 0 Å². The summed E-state index contributed by atoms with van der Waals surface area (Å²) in [5, 5.41) is 13.6. The van der Waals surface area contributed by atoms with Crippen LogP contribution in [0.2, 0.25) is 5.02 Å². The predicted molar refractivity (Wildman–Crippen MR) is 56.4 cm³/mol. The number of benzene rings is 1. The van der Waals surface area contributed by atoms with Crippen LogP contribution in [0, 0.1) is 10.1 Å². The summed E-state index contributed by atoms with van der Waals surface area (Å²) in [4.78, 5) is 23.2. The van der Waals surface area contributed by atoms with Crippen molar-refractivity contribution in [3.8, 4) is 0 Å². The Morgan fingerprint density at radius 2 is 2.31 bits per heavy atom. The molecule has 0 heterocycles. The molecule has 7 nitrogen and oxygen atoms in total. The molecule has 0 atom stereocenters. The topological polar surface area (TPSA) is 109 Å². The van der Waals surface area contributed by atoms with Gasteiger partial charge in [0.1, 0.15) is 0 Å². The first-order chi connectivity index (χ1) is 7.54. The van der Waals surface area contributed by atoms with Crippen LogP contribution in [0.3, 0.4) is 0 Å². The maximum atomic E-state index is 11.3. The minimum absolute atomic E-state index is 0.0679. The first-order valence-electron chi connectivity index (χ1n) is 4.04. The van der Waals surface area contributed by atoms with E-state index in [0.717, 1.165) is 0 Å². The lowest BCUT2D eigenvalue weighted by Gasteiger charge is -2.00. The molecular weight excluding hydrogens is 236 g/mol. The molecule has 0 aromatic heterocycles. The lowest BCUT2D eigenvalue weighted by Crippen LogP contribution is -2.13. The Balaban J connectivity index is 3.07. The van der Waals surface area contributed by atoms with Gasteiger partial charge in [0, 0.05) is 15.4 Å². The van der Waals surface area contributed by atoms with E-state index >= 15 is 0 Å². The number of azide groups is 1. The second kappa shape index (κ2) is 5.11. The molecule has 0 spiro atoms. The Bertz CT molecular complexity index is 496. The van der Waals surface area contributed by atoms with Gasteiger partial charge in [0.25, 0.3) is 6.54 Å². The molecule has 0 N–H and O–H groups in total. The fraction of sp³-hybridized carbons (Fsp3) is 0.125.